The minimum atomic E-state index is -0.375. The molecule has 0 bridgehead atoms. The Labute approximate surface area is 152 Å². The van der Waals surface area contributed by atoms with E-state index in [9.17, 15) is 9.50 Å². The van der Waals surface area contributed by atoms with E-state index in [-0.39, 0.29) is 11.6 Å². The van der Waals surface area contributed by atoms with Gasteiger partial charge in [0, 0.05) is 17.7 Å². The lowest BCUT2D eigenvalue weighted by Crippen LogP contribution is -1.98. The number of halogens is 1. The first-order chi connectivity index (χ1) is 12.6. The van der Waals surface area contributed by atoms with Crippen LogP contribution in [0, 0.1) is 18.7 Å². The molecule has 0 aliphatic heterocycles. The van der Waals surface area contributed by atoms with E-state index in [1.807, 2.05) is 13.0 Å². The van der Waals surface area contributed by atoms with Crippen LogP contribution in [0.15, 0.2) is 24.3 Å². The molecule has 1 fully saturated rings. The van der Waals surface area contributed by atoms with Gasteiger partial charge in [-0.3, -0.25) is 0 Å². The average Bonchev–Trinajstić information content (AvgIpc) is 3.19. The van der Waals surface area contributed by atoms with Gasteiger partial charge >= 0.3 is 0 Å². The molecule has 5 rings (SSSR count). The van der Waals surface area contributed by atoms with E-state index < -0.39 is 0 Å². The van der Waals surface area contributed by atoms with Gasteiger partial charge in [0.2, 0.25) is 0 Å². The van der Waals surface area contributed by atoms with Gasteiger partial charge in [-0.25, -0.2) is 14.4 Å². The number of aromatic amines is 1. The Bertz CT molecular complexity index is 1150. The molecule has 1 aliphatic carbocycles. The summed E-state index contributed by atoms with van der Waals surface area (Å²) >= 11 is 1.44. The fraction of sp³-hybridized carbons (Fsp3) is 0.263. The molecule has 2 aromatic heterocycles. The van der Waals surface area contributed by atoms with Crippen molar-refractivity contribution in [3.05, 3.63) is 35.1 Å². The number of nitrogens with one attached hydrogen (secondary N) is 1. The molecule has 26 heavy (non-hydrogen) atoms. The quantitative estimate of drug-likeness (QED) is 0.543. The second-order valence-corrected chi connectivity index (χ2v) is 7.95. The number of hydrogen-bond acceptors (Lipinski definition) is 5. The molecule has 0 radical (unpaired) electrons. The number of nitrogens with zero attached hydrogens (tertiary/aromatic N) is 2. The smallest absolute Gasteiger partial charge is 0.151 e. The molecule has 0 spiro atoms. The van der Waals surface area contributed by atoms with Crippen LogP contribution in [-0.4, -0.2) is 26.7 Å². The first kappa shape index (κ1) is 15.6. The van der Waals surface area contributed by atoms with Gasteiger partial charge < -0.3 is 14.8 Å². The van der Waals surface area contributed by atoms with Gasteiger partial charge in [0.25, 0.3) is 0 Å². The number of aromatic hydroxyl groups is 1. The summed E-state index contributed by atoms with van der Waals surface area (Å²) in [5.74, 6) is 1.42. The molecule has 1 saturated carbocycles. The van der Waals surface area contributed by atoms with Crippen LogP contribution < -0.4 is 4.74 Å². The Balaban J connectivity index is 1.57. The summed E-state index contributed by atoms with van der Waals surface area (Å²) < 4.78 is 20.9. The van der Waals surface area contributed by atoms with Crippen molar-refractivity contribution in [2.45, 2.75) is 19.8 Å². The zero-order valence-corrected chi connectivity index (χ0v) is 14.9. The lowest BCUT2D eigenvalue weighted by molar-refractivity contribution is 0.298. The van der Waals surface area contributed by atoms with Gasteiger partial charge in [0.05, 0.1) is 21.8 Å². The summed E-state index contributed by atoms with van der Waals surface area (Å²) in [4.78, 5) is 11.8. The van der Waals surface area contributed by atoms with Gasteiger partial charge in [-0.1, -0.05) is 0 Å². The third kappa shape index (κ3) is 2.68. The molecule has 0 atom stereocenters. The molecule has 5 nitrogen and oxygen atoms in total. The monoisotopic (exact) mass is 369 g/mol. The van der Waals surface area contributed by atoms with E-state index in [0.29, 0.717) is 46.2 Å². The maximum absolute atomic E-state index is 14.4. The van der Waals surface area contributed by atoms with Crippen molar-refractivity contribution in [3.8, 4) is 22.9 Å². The number of rotatable bonds is 4. The predicted octanol–water partition coefficient (Wildman–Crippen LogP) is 4.78. The number of H-pyrrole nitrogens is 1. The molecule has 2 heterocycles. The van der Waals surface area contributed by atoms with E-state index in [2.05, 4.69) is 15.0 Å². The van der Waals surface area contributed by atoms with Crippen molar-refractivity contribution in [2.24, 2.45) is 5.92 Å². The number of thiazole rings is 1. The Morgan fingerprint density at radius 3 is 2.92 bits per heavy atom. The number of imidazole rings is 1. The minimum Gasteiger partial charge on any atom is -0.506 e. The van der Waals surface area contributed by atoms with Crippen LogP contribution in [0.3, 0.4) is 0 Å². The first-order valence-electron chi connectivity index (χ1n) is 8.49. The molecule has 7 heteroatoms. The number of aromatic nitrogens is 3. The SMILES string of the molecule is Cc1nc2c(F)cc(-c3nc4cc(OCC5CC5)cc(O)c4[nH]3)cc2s1. The summed E-state index contributed by atoms with van der Waals surface area (Å²) in [7, 11) is 0. The number of ether oxygens (including phenoxy) is 1. The maximum atomic E-state index is 14.4. The highest BCUT2D eigenvalue weighted by Crippen LogP contribution is 2.35. The fourth-order valence-electron chi connectivity index (χ4n) is 3.02. The zero-order chi connectivity index (χ0) is 17.8. The minimum absolute atomic E-state index is 0.0715. The van der Waals surface area contributed by atoms with Crippen LogP contribution in [0.4, 0.5) is 4.39 Å². The van der Waals surface area contributed by atoms with Gasteiger partial charge in [-0.2, -0.15) is 0 Å². The van der Waals surface area contributed by atoms with Crippen LogP contribution in [-0.2, 0) is 0 Å². The Morgan fingerprint density at radius 2 is 2.12 bits per heavy atom. The van der Waals surface area contributed by atoms with Gasteiger partial charge in [0.15, 0.2) is 5.82 Å². The molecule has 1 aliphatic rings. The van der Waals surface area contributed by atoms with Crippen LogP contribution >= 0.6 is 11.3 Å². The number of hydrogen-bond donors (Lipinski definition) is 2. The normalized spacial score (nSPS) is 14.4. The standard InChI is InChI=1S/C19H16FN3O2S/c1-9-21-17-13(20)4-11(5-16(17)26-9)19-22-14-6-12(25-8-10-2-3-10)7-15(24)18(14)23-19/h4-7,10,24H,2-3,8H2,1H3,(H,22,23). The number of phenols is 1. The maximum Gasteiger partial charge on any atom is 0.151 e. The Morgan fingerprint density at radius 1 is 1.27 bits per heavy atom. The number of aryl methyl sites for hydroxylation is 1. The van der Waals surface area contributed by atoms with Crippen LogP contribution in [0.5, 0.6) is 11.5 Å². The van der Waals surface area contributed by atoms with Crippen LogP contribution in [0.1, 0.15) is 17.8 Å². The number of phenolic OH excluding ortho intramolecular Hbond substituents is 1. The topological polar surface area (TPSA) is 71.0 Å². The van der Waals surface area contributed by atoms with Gasteiger partial charge in [0.1, 0.15) is 28.4 Å². The van der Waals surface area contributed by atoms with Crippen molar-refractivity contribution < 1.29 is 14.2 Å². The molecular weight excluding hydrogens is 353 g/mol. The molecule has 2 aromatic carbocycles. The van der Waals surface area contributed by atoms with E-state index in [1.165, 1.54) is 30.2 Å². The average molecular weight is 369 g/mol. The summed E-state index contributed by atoms with van der Waals surface area (Å²) in [6.45, 7) is 2.51. The third-order valence-electron chi connectivity index (χ3n) is 4.56. The number of benzene rings is 2. The van der Waals surface area contributed by atoms with Crippen molar-refractivity contribution in [2.75, 3.05) is 6.61 Å². The largest absolute Gasteiger partial charge is 0.506 e. The molecule has 2 N–H and O–H groups in total. The Kier molecular flexibility index (Phi) is 3.40. The van der Waals surface area contributed by atoms with Crippen molar-refractivity contribution >= 4 is 32.6 Å². The molecule has 0 saturated heterocycles. The highest BCUT2D eigenvalue weighted by Gasteiger charge is 2.22. The summed E-state index contributed by atoms with van der Waals surface area (Å²) in [5.41, 5.74) is 2.10. The van der Waals surface area contributed by atoms with E-state index in [1.54, 1.807) is 12.1 Å². The predicted molar refractivity (Wildman–Crippen MR) is 99.3 cm³/mol. The van der Waals surface area contributed by atoms with Crippen LogP contribution in [0.25, 0.3) is 32.6 Å². The zero-order valence-electron chi connectivity index (χ0n) is 14.0. The Hall–Kier alpha value is -2.67. The molecule has 132 valence electrons. The molecule has 0 amide bonds. The fourth-order valence-corrected chi connectivity index (χ4v) is 3.91. The highest BCUT2D eigenvalue weighted by molar-refractivity contribution is 7.18. The summed E-state index contributed by atoms with van der Waals surface area (Å²) in [6.07, 6.45) is 2.40. The third-order valence-corrected chi connectivity index (χ3v) is 5.48. The van der Waals surface area contributed by atoms with E-state index in [4.69, 9.17) is 4.74 Å². The second-order valence-electron chi connectivity index (χ2n) is 6.71. The lowest BCUT2D eigenvalue weighted by atomic mass is 10.2. The van der Waals surface area contributed by atoms with Crippen molar-refractivity contribution in [3.63, 3.8) is 0 Å². The molecular formula is C19H16FN3O2S. The van der Waals surface area contributed by atoms with Crippen molar-refractivity contribution in [1.82, 2.24) is 15.0 Å². The van der Waals surface area contributed by atoms with Crippen molar-refractivity contribution in [1.29, 1.82) is 0 Å². The molecule has 0 unspecified atom stereocenters. The van der Waals surface area contributed by atoms with Gasteiger partial charge in [-0.15, -0.1) is 11.3 Å². The molecule has 4 aromatic rings. The van der Waals surface area contributed by atoms with E-state index >= 15 is 0 Å². The first-order valence-corrected chi connectivity index (χ1v) is 9.31. The second kappa shape index (κ2) is 5.67. The summed E-state index contributed by atoms with van der Waals surface area (Å²) in [5, 5.41) is 11.1. The van der Waals surface area contributed by atoms with Gasteiger partial charge in [-0.05, 0) is 37.8 Å². The lowest BCUT2D eigenvalue weighted by Gasteiger charge is -2.05. The highest BCUT2D eigenvalue weighted by atomic mass is 32.1. The summed E-state index contributed by atoms with van der Waals surface area (Å²) in [6, 6.07) is 6.66. The number of fused-ring (bicyclic) bond motifs is 2. The van der Waals surface area contributed by atoms with E-state index in [0.717, 1.165) is 9.71 Å². The van der Waals surface area contributed by atoms with Crippen LogP contribution in [0.2, 0.25) is 0 Å².